The Labute approximate surface area is 91.9 Å². The molecule has 1 aromatic heterocycles. The van der Waals surface area contributed by atoms with Gasteiger partial charge in [-0.05, 0) is 25.1 Å². The SMILES string of the molecule is COc1ccc(-c2nc(N)oc2C)cc1F. The van der Waals surface area contributed by atoms with E-state index in [0.29, 0.717) is 17.0 Å². The highest BCUT2D eigenvalue weighted by molar-refractivity contribution is 5.63. The van der Waals surface area contributed by atoms with Crippen molar-refractivity contribution in [1.82, 2.24) is 4.98 Å². The normalized spacial score (nSPS) is 10.4. The van der Waals surface area contributed by atoms with Crippen LogP contribution in [0.2, 0.25) is 0 Å². The molecule has 0 saturated heterocycles. The van der Waals surface area contributed by atoms with Gasteiger partial charge >= 0.3 is 0 Å². The molecule has 1 heterocycles. The number of nitrogens with zero attached hydrogens (tertiary/aromatic N) is 1. The molecule has 0 aliphatic carbocycles. The molecule has 0 saturated carbocycles. The molecule has 16 heavy (non-hydrogen) atoms. The van der Waals surface area contributed by atoms with E-state index in [1.165, 1.54) is 19.2 Å². The summed E-state index contributed by atoms with van der Waals surface area (Å²) in [4.78, 5) is 3.98. The van der Waals surface area contributed by atoms with Crippen molar-refractivity contribution in [2.24, 2.45) is 0 Å². The van der Waals surface area contributed by atoms with Gasteiger partial charge in [0.15, 0.2) is 11.6 Å². The predicted molar refractivity (Wildman–Crippen MR) is 57.6 cm³/mol. The van der Waals surface area contributed by atoms with Gasteiger partial charge in [0.05, 0.1) is 7.11 Å². The van der Waals surface area contributed by atoms with Crippen molar-refractivity contribution in [1.29, 1.82) is 0 Å². The van der Waals surface area contributed by atoms with Crippen molar-refractivity contribution in [3.05, 3.63) is 29.8 Å². The summed E-state index contributed by atoms with van der Waals surface area (Å²) in [5, 5.41) is 0. The van der Waals surface area contributed by atoms with Crippen LogP contribution in [0.3, 0.4) is 0 Å². The standard InChI is InChI=1S/C11H11FN2O2/c1-6-10(14-11(13)16-6)7-3-4-9(15-2)8(12)5-7/h3-5H,1-2H3,(H2,13,14). The van der Waals surface area contributed by atoms with Gasteiger partial charge in [-0.25, -0.2) is 4.39 Å². The molecule has 84 valence electrons. The van der Waals surface area contributed by atoms with Crippen LogP contribution in [0.4, 0.5) is 10.4 Å². The van der Waals surface area contributed by atoms with E-state index in [1.54, 1.807) is 13.0 Å². The molecule has 2 rings (SSSR count). The van der Waals surface area contributed by atoms with E-state index in [-0.39, 0.29) is 11.8 Å². The molecule has 0 atom stereocenters. The van der Waals surface area contributed by atoms with Crippen molar-refractivity contribution < 1.29 is 13.5 Å². The average Bonchev–Trinajstić information content (AvgIpc) is 2.58. The van der Waals surface area contributed by atoms with Gasteiger partial charge in [-0.3, -0.25) is 0 Å². The lowest BCUT2D eigenvalue weighted by Crippen LogP contribution is -1.89. The van der Waals surface area contributed by atoms with Crippen LogP contribution in [0.5, 0.6) is 5.75 Å². The maximum Gasteiger partial charge on any atom is 0.292 e. The summed E-state index contributed by atoms with van der Waals surface area (Å²) >= 11 is 0. The fourth-order valence-electron chi connectivity index (χ4n) is 1.50. The lowest BCUT2D eigenvalue weighted by atomic mass is 10.1. The van der Waals surface area contributed by atoms with Gasteiger partial charge in [-0.15, -0.1) is 0 Å². The number of hydrogen-bond donors (Lipinski definition) is 1. The molecule has 0 amide bonds. The minimum absolute atomic E-state index is 0.0729. The molecule has 4 nitrogen and oxygen atoms in total. The summed E-state index contributed by atoms with van der Waals surface area (Å²) in [5.74, 6) is 0.306. The Kier molecular flexibility index (Phi) is 2.52. The number of anilines is 1. The van der Waals surface area contributed by atoms with Crippen LogP contribution >= 0.6 is 0 Å². The van der Waals surface area contributed by atoms with E-state index in [0.717, 1.165) is 0 Å². The number of rotatable bonds is 2. The Morgan fingerprint density at radius 2 is 2.19 bits per heavy atom. The fraction of sp³-hybridized carbons (Fsp3) is 0.182. The molecule has 2 aromatic rings. The van der Waals surface area contributed by atoms with Crippen LogP contribution in [0, 0.1) is 12.7 Å². The van der Waals surface area contributed by atoms with E-state index in [1.807, 2.05) is 0 Å². The number of benzene rings is 1. The van der Waals surface area contributed by atoms with Gasteiger partial charge in [0, 0.05) is 5.56 Å². The number of aryl methyl sites for hydroxylation is 1. The Hall–Kier alpha value is -2.04. The molecule has 1 aromatic carbocycles. The second-order valence-electron chi connectivity index (χ2n) is 3.31. The molecule has 0 spiro atoms. The third-order valence-electron chi connectivity index (χ3n) is 2.24. The quantitative estimate of drug-likeness (QED) is 0.847. The predicted octanol–water partition coefficient (Wildman–Crippen LogP) is 2.38. The van der Waals surface area contributed by atoms with E-state index >= 15 is 0 Å². The first kappa shape index (κ1) is 10.5. The first-order valence-corrected chi connectivity index (χ1v) is 4.68. The molecule has 0 unspecified atom stereocenters. The summed E-state index contributed by atoms with van der Waals surface area (Å²) in [6, 6.07) is 4.65. The zero-order valence-corrected chi connectivity index (χ0v) is 8.95. The lowest BCUT2D eigenvalue weighted by Gasteiger charge is -2.03. The molecule has 0 bridgehead atoms. The largest absolute Gasteiger partial charge is 0.494 e. The number of ether oxygens (including phenoxy) is 1. The van der Waals surface area contributed by atoms with E-state index < -0.39 is 5.82 Å². The highest BCUT2D eigenvalue weighted by Gasteiger charge is 2.12. The molecule has 0 radical (unpaired) electrons. The van der Waals surface area contributed by atoms with Crippen molar-refractivity contribution in [2.45, 2.75) is 6.92 Å². The highest BCUT2D eigenvalue weighted by atomic mass is 19.1. The molecule has 0 fully saturated rings. The minimum atomic E-state index is -0.444. The second kappa shape index (κ2) is 3.84. The smallest absolute Gasteiger partial charge is 0.292 e. The van der Waals surface area contributed by atoms with E-state index in [2.05, 4.69) is 4.98 Å². The monoisotopic (exact) mass is 222 g/mol. The van der Waals surface area contributed by atoms with Crippen molar-refractivity contribution in [3.63, 3.8) is 0 Å². The van der Waals surface area contributed by atoms with Crippen LogP contribution in [-0.2, 0) is 0 Å². The molecule has 0 aliphatic heterocycles. The number of oxazole rings is 1. The van der Waals surface area contributed by atoms with Crippen molar-refractivity contribution in [2.75, 3.05) is 12.8 Å². The lowest BCUT2D eigenvalue weighted by molar-refractivity contribution is 0.386. The Morgan fingerprint density at radius 3 is 2.69 bits per heavy atom. The maximum absolute atomic E-state index is 13.5. The van der Waals surface area contributed by atoms with Gasteiger partial charge in [0.1, 0.15) is 11.5 Å². The van der Waals surface area contributed by atoms with Gasteiger partial charge in [-0.1, -0.05) is 0 Å². The molecular weight excluding hydrogens is 211 g/mol. The number of nitrogen functional groups attached to an aromatic ring is 1. The van der Waals surface area contributed by atoms with Crippen molar-refractivity contribution in [3.8, 4) is 17.0 Å². The van der Waals surface area contributed by atoms with Gasteiger partial charge in [0.2, 0.25) is 0 Å². The summed E-state index contributed by atoms with van der Waals surface area (Å²) in [5.41, 5.74) is 6.56. The first-order valence-electron chi connectivity index (χ1n) is 4.68. The summed E-state index contributed by atoms with van der Waals surface area (Å²) in [6.45, 7) is 1.72. The topological polar surface area (TPSA) is 61.3 Å². The van der Waals surface area contributed by atoms with Gasteiger partial charge in [0.25, 0.3) is 6.01 Å². The van der Waals surface area contributed by atoms with Crippen LogP contribution < -0.4 is 10.5 Å². The summed E-state index contributed by atoms with van der Waals surface area (Å²) < 4.78 is 23.4. The zero-order chi connectivity index (χ0) is 11.7. The van der Waals surface area contributed by atoms with E-state index in [9.17, 15) is 4.39 Å². The maximum atomic E-state index is 13.5. The average molecular weight is 222 g/mol. The minimum Gasteiger partial charge on any atom is -0.494 e. The van der Waals surface area contributed by atoms with Crippen molar-refractivity contribution >= 4 is 6.01 Å². The number of hydrogen-bond acceptors (Lipinski definition) is 4. The highest BCUT2D eigenvalue weighted by Crippen LogP contribution is 2.28. The summed E-state index contributed by atoms with van der Waals surface area (Å²) in [6.07, 6.45) is 0. The first-order chi connectivity index (χ1) is 7.61. The van der Waals surface area contributed by atoms with Crippen LogP contribution in [-0.4, -0.2) is 12.1 Å². The molecule has 0 aliphatic rings. The number of methoxy groups -OCH3 is 1. The fourth-order valence-corrected chi connectivity index (χ4v) is 1.50. The summed E-state index contributed by atoms with van der Waals surface area (Å²) in [7, 11) is 1.41. The van der Waals surface area contributed by atoms with Crippen LogP contribution in [0.1, 0.15) is 5.76 Å². The van der Waals surface area contributed by atoms with E-state index in [4.69, 9.17) is 14.9 Å². The second-order valence-corrected chi connectivity index (χ2v) is 3.31. The Morgan fingerprint density at radius 1 is 1.44 bits per heavy atom. The third kappa shape index (κ3) is 1.71. The van der Waals surface area contributed by atoms with Crippen LogP contribution in [0.15, 0.2) is 22.6 Å². The Balaban J connectivity index is 2.49. The molecule has 2 N–H and O–H groups in total. The van der Waals surface area contributed by atoms with Gasteiger partial charge < -0.3 is 14.9 Å². The number of halogens is 1. The molecular formula is C11H11FN2O2. The third-order valence-corrected chi connectivity index (χ3v) is 2.24. The molecule has 5 heteroatoms. The zero-order valence-electron chi connectivity index (χ0n) is 8.95. The number of nitrogens with two attached hydrogens (primary N) is 1. The number of aromatic nitrogens is 1. The van der Waals surface area contributed by atoms with Gasteiger partial charge in [-0.2, -0.15) is 4.98 Å². The Bertz CT molecular complexity index is 523. The van der Waals surface area contributed by atoms with Crippen LogP contribution in [0.25, 0.3) is 11.3 Å².